The molecule has 0 amide bonds. The lowest BCUT2D eigenvalue weighted by Gasteiger charge is -2.06. The zero-order valence-corrected chi connectivity index (χ0v) is 11.6. The highest BCUT2D eigenvalue weighted by Crippen LogP contribution is 2.25. The molecule has 0 aliphatic rings. The van der Waals surface area contributed by atoms with E-state index in [1.54, 1.807) is 31.2 Å². The minimum Gasteiger partial charge on any atom is -0.426 e. The lowest BCUT2D eigenvalue weighted by atomic mass is 10.1. The summed E-state index contributed by atoms with van der Waals surface area (Å²) in [5, 5.41) is 3.53. The van der Waals surface area contributed by atoms with Crippen LogP contribution in [0.5, 0.6) is 5.75 Å². The first-order chi connectivity index (χ1) is 8.52. The second-order valence-corrected chi connectivity index (χ2v) is 4.50. The van der Waals surface area contributed by atoms with Gasteiger partial charge in [0.05, 0.1) is 6.04 Å². The molecule has 0 saturated heterocycles. The molecule has 0 heterocycles. The van der Waals surface area contributed by atoms with Crippen LogP contribution < -0.4 is 4.74 Å². The minimum absolute atomic E-state index is 0.265. The molecule has 0 saturated carbocycles. The molecule has 94 valence electrons. The third-order valence-corrected chi connectivity index (χ3v) is 2.51. The molecule has 5 nitrogen and oxygen atoms in total. The van der Waals surface area contributed by atoms with Crippen molar-refractivity contribution in [1.29, 1.82) is 0 Å². The van der Waals surface area contributed by atoms with E-state index in [2.05, 4.69) is 26.0 Å². The number of rotatable bonds is 4. The Morgan fingerprint density at radius 2 is 2.33 bits per heavy atom. The standard InChI is InChI=1S/C12H12BrN3O2/c1-8(15-16-14)3-4-10-7-11(13)5-6-12(10)18-9(2)17/h3-8H,1-2H3/b4-3+. The Morgan fingerprint density at radius 3 is 2.94 bits per heavy atom. The first kappa shape index (κ1) is 14.3. The van der Waals surface area contributed by atoms with Gasteiger partial charge in [-0.05, 0) is 23.7 Å². The fourth-order valence-electron chi connectivity index (χ4n) is 1.26. The minimum atomic E-state index is -0.380. The van der Waals surface area contributed by atoms with Crippen LogP contribution in [-0.4, -0.2) is 12.0 Å². The highest BCUT2D eigenvalue weighted by Gasteiger charge is 2.04. The van der Waals surface area contributed by atoms with E-state index in [9.17, 15) is 4.79 Å². The number of carbonyl (C=O) groups excluding carboxylic acids is 1. The van der Waals surface area contributed by atoms with Crippen LogP contribution in [0.15, 0.2) is 33.9 Å². The quantitative estimate of drug-likeness (QED) is 0.276. The molecule has 0 bridgehead atoms. The van der Waals surface area contributed by atoms with Gasteiger partial charge >= 0.3 is 5.97 Å². The second kappa shape index (κ2) is 6.83. The van der Waals surface area contributed by atoms with Crippen molar-refractivity contribution in [2.24, 2.45) is 5.11 Å². The van der Waals surface area contributed by atoms with Gasteiger partial charge in [-0.25, -0.2) is 0 Å². The first-order valence-corrected chi connectivity index (χ1v) is 6.02. The van der Waals surface area contributed by atoms with E-state index in [4.69, 9.17) is 10.3 Å². The van der Waals surface area contributed by atoms with Crippen molar-refractivity contribution < 1.29 is 9.53 Å². The topological polar surface area (TPSA) is 75.1 Å². The van der Waals surface area contributed by atoms with E-state index in [0.29, 0.717) is 5.75 Å². The van der Waals surface area contributed by atoms with Gasteiger partial charge in [-0.15, -0.1) is 0 Å². The third kappa shape index (κ3) is 4.61. The van der Waals surface area contributed by atoms with Crippen LogP contribution in [0.4, 0.5) is 0 Å². The number of azide groups is 1. The van der Waals surface area contributed by atoms with Crippen molar-refractivity contribution in [2.75, 3.05) is 0 Å². The number of ether oxygens (including phenoxy) is 1. The van der Waals surface area contributed by atoms with Crippen LogP contribution in [0.25, 0.3) is 16.5 Å². The smallest absolute Gasteiger partial charge is 0.308 e. The van der Waals surface area contributed by atoms with Crippen molar-refractivity contribution in [3.8, 4) is 5.75 Å². The molecule has 0 fully saturated rings. The zero-order valence-electron chi connectivity index (χ0n) is 10.0. The van der Waals surface area contributed by atoms with Gasteiger partial charge in [-0.2, -0.15) is 0 Å². The molecule has 0 radical (unpaired) electrons. The average molecular weight is 310 g/mol. The molecular weight excluding hydrogens is 298 g/mol. The van der Waals surface area contributed by atoms with E-state index in [0.717, 1.165) is 10.0 Å². The number of carbonyl (C=O) groups is 1. The summed E-state index contributed by atoms with van der Waals surface area (Å²) in [5.74, 6) is 0.0881. The number of hydrogen-bond donors (Lipinski definition) is 0. The molecule has 1 unspecified atom stereocenters. The molecular formula is C12H12BrN3O2. The molecule has 0 aliphatic carbocycles. The van der Waals surface area contributed by atoms with E-state index >= 15 is 0 Å². The van der Waals surface area contributed by atoms with Gasteiger partial charge in [-0.3, -0.25) is 4.79 Å². The Morgan fingerprint density at radius 1 is 1.61 bits per heavy atom. The summed E-state index contributed by atoms with van der Waals surface area (Å²) < 4.78 is 5.95. The average Bonchev–Trinajstić information content (AvgIpc) is 2.29. The van der Waals surface area contributed by atoms with Crippen molar-refractivity contribution in [3.05, 3.63) is 44.8 Å². The van der Waals surface area contributed by atoms with Gasteiger partial charge in [0.2, 0.25) is 0 Å². The fourth-order valence-corrected chi connectivity index (χ4v) is 1.64. The molecule has 1 aromatic carbocycles. The van der Waals surface area contributed by atoms with Gasteiger partial charge in [0.25, 0.3) is 0 Å². The summed E-state index contributed by atoms with van der Waals surface area (Å²) in [5.41, 5.74) is 9.03. The first-order valence-electron chi connectivity index (χ1n) is 5.23. The van der Waals surface area contributed by atoms with E-state index in [-0.39, 0.29) is 12.0 Å². The van der Waals surface area contributed by atoms with Crippen molar-refractivity contribution in [2.45, 2.75) is 19.9 Å². The number of halogens is 1. The maximum Gasteiger partial charge on any atom is 0.308 e. The monoisotopic (exact) mass is 309 g/mol. The predicted octanol–water partition coefficient (Wildman–Crippen LogP) is 4.09. The Labute approximate surface area is 113 Å². The molecule has 6 heteroatoms. The van der Waals surface area contributed by atoms with E-state index in [1.165, 1.54) is 6.92 Å². The molecule has 1 rings (SSSR count). The van der Waals surface area contributed by atoms with Crippen LogP contribution in [0.3, 0.4) is 0 Å². The summed E-state index contributed by atoms with van der Waals surface area (Å²) in [4.78, 5) is 13.7. The van der Waals surface area contributed by atoms with Crippen LogP contribution in [0, 0.1) is 0 Å². The normalized spacial score (nSPS) is 11.9. The summed E-state index contributed by atoms with van der Waals surface area (Å²) in [6.07, 6.45) is 3.48. The van der Waals surface area contributed by atoms with Crippen molar-refractivity contribution in [1.82, 2.24) is 0 Å². The number of hydrogen-bond acceptors (Lipinski definition) is 3. The van der Waals surface area contributed by atoms with Crippen LogP contribution in [-0.2, 0) is 4.79 Å². The molecule has 0 N–H and O–H groups in total. The van der Waals surface area contributed by atoms with Crippen molar-refractivity contribution >= 4 is 28.0 Å². The predicted molar refractivity (Wildman–Crippen MR) is 73.1 cm³/mol. The van der Waals surface area contributed by atoms with Gasteiger partial charge in [0.1, 0.15) is 5.75 Å². The zero-order chi connectivity index (χ0) is 13.5. The molecule has 0 aromatic heterocycles. The van der Waals surface area contributed by atoms with E-state index < -0.39 is 0 Å². The van der Waals surface area contributed by atoms with Crippen LogP contribution in [0.2, 0.25) is 0 Å². The molecule has 0 aliphatic heterocycles. The van der Waals surface area contributed by atoms with Gasteiger partial charge in [0.15, 0.2) is 0 Å². The third-order valence-electron chi connectivity index (χ3n) is 2.01. The highest BCUT2D eigenvalue weighted by molar-refractivity contribution is 9.10. The number of nitrogens with zero attached hydrogens (tertiary/aromatic N) is 3. The maximum atomic E-state index is 11.0. The fraction of sp³-hybridized carbons (Fsp3) is 0.250. The lowest BCUT2D eigenvalue weighted by Crippen LogP contribution is -2.02. The maximum absolute atomic E-state index is 11.0. The van der Waals surface area contributed by atoms with Crippen LogP contribution >= 0.6 is 15.9 Å². The molecule has 18 heavy (non-hydrogen) atoms. The summed E-state index contributed by atoms with van der Waals surface area (Å²) in [7, 11) is 0. The van der Waals surface area contributed by atoms with Crippen molar-refractivity contribution in [3.63, 3.8) is 0 Å². The van der Waals surface area contributed by atoms with Gasteiger partial charge < -0.3 is 4.74 Å². The Bertz CT molecular complexity index is 522. The second-order valence-electron chi connectivity index (χ2n) is 3.58. The summed E-state index contributed by atoms with van der Waals surface area (Å²) in [6, 6.07) is 5.03. The van der Waals surface area contributed by atoms with E-state index in [1.807, 2.05) is 6.07 Å². The summed E-state index contributed by atoms with van der Waals surface area (Å²) in [6.45, 7) is 3.11. The van der Waals surface area contributed by atoms with Gasteiger partial charge in [-0.1, -0.05) is 40.1 Å². The van der Waals surface area contributed by atoms with Crippen LogP contribution in [0.1, 0.15) is 19.4 Å². The molecule has 1 aromatic rings. The Kier molecular flexibility index (Phi) is 5.42. The summed E-state index contributed by atoms with van der Waals surface area (Å²) >= 11 is 3.34. The molecule has 1 atom stereocenters. The highest BCUT2D eigenvalue weighted by atomic mass is 79.9. The Hall–Kier alpha value is -1.78. The Balaban J connectivity index is 3.01. The SMILES string of the molecule is CC(=O)Oc1ccc(Br)cc1/C=C/C(C)N=[N+]=[N-]. The lowest BCUT2D eigenvalue weighted by molar-refractivity contribution is -0.131. The van der Waals surface area contributed by atoms with Gasteiger partial charge in [0, 0.05) is 21.9 Å². The number of esters is 1. The molecule has 0 spiro atoms. The largest absolute Gasteiger partial charge is 0.426 e. The number of benzene rings is 1.